The molecule has 246 valence electrons. The maximum absolute atomic E-state index is 11.7. The van der Waals surface area contributed by atoms with Crippen LogP contribution in [0.1, 0.15) is 39.2 Å². The van der Waals surface area contributed by atoms with Crippen molar-refractivity contribution in [3.05, 3.63) is 44.0 Å². The van der Waals surface area contributed by atoms with Gasteiger partial charge in [-0.05, 0) is 12.8 Å². The minimum absolute atomic E-state index is 0.0167. The highest BCUT2D eigenvalue weighted by Crippen LogP contribution is 2.23. The number of hydrogen-bond donors (Lipinski definition) is 4. The Morgan fingerprint density at radius 3 is 1.86 bits per heavy atom. The molecule has 44 heavy (non-hydrogen) atoms. The second kappa shape index (κ2) is 19.8. The van der Waals surface area contributed by atoms with E-state index in [1.165, 1.54) is 0 Å². The average molecular weight is 668 g/mol. The summed E-state index contributed by atoms with van der Waals surface area (Å²) in [4.78, 5) is 67.9. The van der Waals surface area contributed by atoms with Gasteiger partial charge in [0.2, 0.25) is 11.8 Å². The Kier molecular flexibility index (Phi) is 17.9. The predicted molar refractivity (Wildman–Crippen MR) is 154 cm³/mol. The summed E-state index contributed by atoms with van der Waals surface area (Å²) >= 11 is 10.5. The first-order valence-electron chi connectivity index (χ1n) is 12.6. The van der Waals surface area contributed by atoms with Gasteiger partial charge in [-0.3, -0.25) is 39.6 Å². The number of amides is 2. The number of carboxylic acid groups (broad SMARTS) is 1. The first-order chi connectivity index (χ1) is 20.4. The van der Waals surface area contributed by atoms with Crippen LogP contribution in [-0.2, 0) is 35.3 Å². The average Bonchev–Trinajstić information content (AvgIpc) is 2.93. The SMILES string of the molecule is CC(C)(C)OC([O-])=NC(CCNC(=O)CCl)C(=O)O.NC(CCNC(=O)CCl)C(=O)OCc1cc([N+](=O)[O-])cc([N+](=O)[O-])c1. The number of nitro groups is 2. The van der Waals surface area contributed by atoms with Crippen LogP contribution in [0.5, 0.6) is 0 Å². The molecule has 2 atom stereocenters. The van der Waals surface area contributed by atoms with E-state index in [0.29, 0.717) is 0 Å². The maximum atomic E-state index is 11.7. The van der Waals surface area contributed by atoms with Crippen molar-refractivity contribution < 1.29 is 48.7 Å². The Balaban J connectivity index is 0.000000875. The number of aliphatic imine (C=N–C) groups is 1. The van der Waals surface area contributed by atoms with Gasteiger partial charge >= 0.3 is 11.9 Å². The highest BCUT2D eigenvalue weighted by Gasteiger charge is 2.20. The molecule has 0 spiro atoms. The lowest BCUT2D eigenvalue weighted by Crippen LogP contribution is -2.37. The Hall–Kier alpha value is -4.29. The lowest BCUT2D eigenvalue weighted by Gasteiger charge is -2.30. The number of non-ortho nitro benzene ring substituents is 2. The summed E-state index contributed by atoms with van der Waals surface area (Å²) < 4.78 is 9.78. The number of rotatable bonds is 15. The Labute approximate surface area is 261 Å². The van der Waals surface area contributed by atoms with Gasteiger partial charge in [0.1, 0.15) is 30.5 Å². The number of nitrogens with two attached hydrogens (primary N) is 1. The van der Waals surface area contributed by atoms with Gasteiger partial charge in [0.25, 0.3) is 11.4 Å². The number of esters is 1. The lowest BCUT2D eigenvalue weighted by molar-refractivity contribution is -0.394. The van der Waals surface area contributed by atoms with Crippen LogP contribution in [0.15, 0.2) is 23.2 Å². The van der Waals surface area contributed by atoms with Crippen molar-refractivity contribution in [2.75, 3.05) is 24.8 Å². The molecular weight excluding hydrogens is 635 g/mol. The van der Waals surface area contributed by atoms with Crippen LogP contribution in [0.3, 0.4) is 0 Å². The smallest absolute Gasteiger partial charge is 0.328 e. The van der Waals surface area contributed by atoms with E-state index in [9.17, 15) is 44.5 Å². The molecular formula is C24H33Cl2N6O12-. The van der Waals surface area contributed by atoms with E-state index in [4.69, 9.17) is 43.5 Å². The Bertz CT molecular complexity index is 1180. The third kappa shape index (κ3) is 17.6. The minimum Gasteiger partial charge on any atom is -0.595 e. The van der Waals surface area contributed by atoms with E-state index in [0.717, 1.165) is 18.2 Å². The van der Waals surface area contributed by atoms with E-state index in [-0.39, 0.29) is 43.3 Å². The topological polar surface area (TPSA) is 279 Å². The minimum atomic E-state index is -1.26. The molecule has 0 aliphatic carbocycles. The lowest BCUT2D eigenvalue weighted by atomic mass is 10.2. The van der Waals surface area contributed by atoms with Gasteiger partial charge in [-0.1, -0.05) is 20.8 Å². The molecule has 5 N–H and O–H groups in total. The standard InChI is InChI=1S/C13H15ClN4O7.C11H19ClN2O5/c14-6-12(19)16-2-1-11(15)13(20)25-7-8-3-9(17(21)22)5-10(4-8)18(23)24;1-11(2,3)19-10(18)14-7(9(16)17)4-5-13-8(15)6-12/h3-5,11H,1-2,6-7,15H2,(H,16,19);7H,4-6H2,1-3H3,(H,13,15)(H,14,18)(H,16,17)/p-1. The first-order valence-corrected chi connectivity index (χ1v) is 13.6. The number of alkyl halides is 2. The van der Waals surface area contributed by atoms with Crippen LogP contribution in [-0.4, -0.2) is 87.3 Å². The highest BCUT2D eigenvalue weighted by atomic mass is 35.5. The molecule has 0 bridgehead atoms. The molecule has 0 aliphatic heterocycles. The third-order valence-electron chi connectivity index (χ3n) is 4.77. The van der Waals surface area contributed by atoms with Gasteiger partial charge in [-0.15, -0.1) is 23.2 Å². The van der Waals surface area contributed by atoms with Crippen LogP contribution < -0.4 is 21.5 Å². The van der Waals surface area contributed by atoms with E-state index in [1.54, 1.807) is 20.8 Å². The van der Waals surface area contributed by atoms with Gasteiger partial charge < -0.3 is 36.1 Å². The zero-order valence-corrected chi connectivity index (χ0v) is 25.5. The second-order valence-electron chi connectivity index (χ2n) is 9.59. The van der Waals surface area contributed by atoms with Crippen molar-refractivity contribution in [1.29, 1.82) is 0 Å². The van der Waals surface area contributed by atoms with Crippen molar-refractivity contribution in [3.8, 4) is 0 Å². The molecule has 0 saturated heterocycles. The van der Waals surface area contributed by atoms with Crippen molar-refractivity contribution in [2.45, 2.75) is 57.9 Å². The summed E-state index contributed by atoms with van der Waals surface area (Å²) in [6.07, 6.45) is -0.864. The fourth-order valence-corrected chi connectivity index (χ4v) is 2.99. The third-order valence-corrected chi connectivity index (χ3v) is 5.25. The quantitative estimate of drug-likeness (QED) is 0.0490. The Morgan fingerprint density at radius 2 is 1.45 bits per heavy atom. The fourth-order valence-electron chi connectivity index (χ4n) is 2.80. The number of hydrogen-bond acceptors (Lipinski definition) is 13. The molecule has 0 aliphatic rings. The molecule has 1 rings (SSSR count). The van der Waals surface area contributed by atoms with Crippen LogP contribution in [0.2, 0.25) is 0 Å². The summed E-state index contributed by atoms with van der Waals surface area (Å²) in [5, 5.41) is 46.7. The largest absolute Gasteiger partial charge is 0.595 e. The zero-order valence-electron chi connectivity index (χ0n) is 23.9. The van der Waals surface area contributed by atoms with Gasteiger partial charge in [-0.2, -0.15) is 0 Å². The number of nitrogens with one attached hydrogen (secondary N) is 2. The summed E-state index contributed by atoms with van der Waals surface area (Å²) in [7, 11) is 0. The van der Waals surface area contributed by atoms with Crippen molar-refractivity contribution in [3.63, 3.8) is 0 Å². The summed E-state index contributed by atoms with van der Waals surface area (Å²) in [6, 6.07) is 0.630. The molecule has 18 nitrogen and oxygen atoms in total. The van der Waals surface area contributed by atoms with E-state index < -0.39 is 75.3 Å². The highest BCUT2D eigenvalue weighted by molar-refractivity contribution is 6.27. The predicted octanol–water partition coefficient (Wildman–Crippen LogP) is 0.335. The van der Waals surface area contributed by atoms with Crippen molar-refractivity contribution >= 4 is 64.4 Å². The maximum Gasteiger partial charge on any atom is 0.328 e. The number of aliphatic carboxylic acids is 1. The summed E-state index contributed by atoms with van der Waals surface area (Å²) in [5.74, 6) is -3.32. The molecule has 0 radical (unpaired) electrons. The van der Waals surface area contributed by atoms with Crippen molar-refractivity contribution in [2.24, 2.45) is 10.7 Å². The monoisotopic (exact) mass is 667 g/mol. The van der Waals surface area contributed by atoms with Crippen LogP contribution in [0.4, 0.5) is 11.4 Å². The van der Waals surface area contributed by atoms with Crippen molar-refractivity contribution in [1.82, 2.24) is 10.6 Å². The Morgan fingerprint density at radius 1 is 0.977 bits per heavy atom. The molecule has 20 heteroatoms. The number of carbonyl (C=O) groups excluding carboxylic acids is 3. The number of nitrogens with zero attached hydrogens (tertiary/aromatic N) is 3. The molecule has 0 heterocycles. The number of halogens is 2. The molecule has 1 aromatic rings. The molecule has 1 aromatic carbocycles. The van der Waals surface area contributed by atoms with Crippen LogP contribution >= 0.6 is 23.2 Å². The first kappa shape index (κ1) is 39.7. The molecule has 2 unspecified atom stereocenters. The van der Waals surface area contributed by atoms with Gasteiger partial charge in [0, 0.05) is 36.4 Å². The molecule has 0 fully saturated rings. The van der Waals surface area contributed by atoms with Crippen LogP contribution in [0, 0.1) is 20.2 Å². The number of ether oxygens (including phenoxy) is 2. The molecule has 0 saturated carbocycles. The summed E-state index contributed by atoms with van der Waals surface area (Å²) in [6.45, 7) is 4.71. The van der Waals surface area contributed by atoms with Gasteiger partial charge in [0.05, 0.1) is 15.9 Å². The normalized spacial score (nSPS) is 12.5. The van der Waals surface area contributed by atoms with Crippen LogP contribution in [0.25, 0.3) is 0 Å². The fraction of sp³-hybridized carbons (Fsp3) is 0.542. The molecule has 0 aromatic heterocycles. The number of carboxylic acids is 1. The van der Waals surface area contributed by atoms with Gasteiger partial charge in [0.15, 0.2) is 6.04 Å². The second-order valence-corrected chi connectivity index (χ2v) is 10.1. The van der Waals surface area contributed by atoms with E-state index in [2.05, 4.69) is 15.6 Å². The summed E-state index contributed by atoms with van der Waals surface area (Å²) in [5.41, 5.74) is 3.95. The molecule has 2 amide bonds. The van der Waals surface area contributed by atoms with E-state index >= 15 is 0 Å². The number of carbonyl (C=O) groups is 4. The van der Waals surface area contributed by atoms with Gasteiger partial charge in [-0.25, -0.2) is 4.79 Å². The zero-order chi connectivity index (χ0) is 34.0. The number of nitro benzene ring substituents is 2. The number of benzene rings is 1. The van der Waals surface area contributed by atoms with E-state index in [1.807, 2.05) is 0 Å².